The SMILES string of the molecule is N[C@H]1CC[C@H](Nc2nc(NC3CCN(OC(=O)Nc4ccc(F)cc4)CC3)c3ncn(C4CCCC4)c3n2)CC1. The molecule has 0 atom stereocenters. The second kappa shape index (κ2) is 11.9. The molecule has 1 aliphatic heterocycles. The molecular weight excluding hydrogens is 513 g/mol. The van der Waals surface area contributed by atoms with E-state index in [0.29, 0.717) is 36.8 Å². The quantitative estimate of drug-likeness (QED) is 0.326. The first kappa shape index (κ1) is 26.7. The number of nitrogens with two attached hydrogens (primary N) is 1. The summed E-state index contributed by atoms with van der Waals surface area (Å²) in [5.74, 6) is 1.01. The van der Waals surface area contributed by atoms with E-state index in [-0.39, 0.29) is 17.9 Å². The van der Waals surface area contributed by atoms with Crippen molar-refractivity contribution >= 4 is 34.7 Å². The molecule has 0 unspecified atom stereocenters. The zero-order chi connectivity index (χ0) is 27.5. The highest BCUT2D eigenvalue weighted by Crippen LogP contribution is 2.34. The number of anilines is 3. The number of halogens is 1. The van der Waals surface area contributed by atoms with Gasteiger partial charge in [-0.15, -0.1) is 5.06 Å². The van der Waals surface area contributed by atoms with Gasteiger partial charge >= 0.3 is 6.09 Å². The summed E-state index contributed by atoms with van der Waals surface area (Å²) in [6.07, 6.45) is 11.7. The molecule has 214 valence electrons. The highest BCUT2D eigenvalue weighted by molar-refractivity contribution is 5.85. The number of fused-ring (bicyclic) bond motifs is 1. The number of hydrogen-bond acceptors (Lipinski definition) is 9. The number of hydroxylamine groups is 2. The molecular formula is C28H38FN9O2. The third-order valence-electron chi connectivity index (χ3n) is 8.34. The van der Waals surface area contributed by atoms with E-state index in [2.05, 4.69) is 20.5 Å². The number of benzene rings is 1. The number of piperidine rings is 1. The van der Waals surface area contributed by atoms with Crippen LogP contribution < -0.4 is 21.7 Å². The maximum Gasteiger partial charge on any atom is 0.430 e. The van der Waals surface area contributed by atoms with Crippen LogP contribution in [-0.2, 0) is 4.84 Å². The van der Waals surface area contributed by atoms with Gasteiger partial charge in [-0.1, -0.05) is 12.8 Å². The van der Waals surface area contributed by atoms with E-state index in [1.54, 1.807) is 5.06 Å². The van der Waals surface area contributed by atoms with E-state index in [9.17, 15) is 9.18 Å². The molecule has 2 aliphatic carbocycles. The Bertz CT molecular complexity index is 1300. The van der Waals surface area contributed by atoms with Crippen LogP contribution in [0.5, 0.6) is 0 Å². The van der Waals surface area contributed by atoms with Crippen LogP contribution in [0.15, 0.2) is 30.6 Å². The third kappa shape index (κ3) is 6.28. The van der Waals surface area contributed by atoms with Crippen molar-refractivity contribution in [1.82, 2.24) is 24.6 Å². The van der Waals surface area contributed by atoms with Crippen molar-refractivity contribution in [3.63, 3.8) is 0 Å². The van der Waals surface area contributed by atoms with Crippen molar-refractivity contribution in [3.05, 3.63) is 36.4 Å². The van der Waals surface area contributed by atoms with Gasteiger partial charge in [0.25, 0.3) is 0 Å². The minimum atomic E-state index is -0.590. The summed E-state index contributed by atoms with van der Waals surface area (Å²) in [5.41, 5.74) is 8.26. The van der Waals surface area contributed by atoms with E-state index in [4.69, 9.17) is 25.5 Å². The Labute approximate surface area is 233 Å². The van der Waals surface area contributed by atoms with Gasteiger partial charge in [-0.3, -0.25) is 5.32 Å². The first-order valence-corrected chi connectivity index (χ1v) is 14.5. The van der Waals surface area contributed by atoms with Crippen LogP contribution in [0.25, 0.3) is 11.2 Å². The fourth-order valence-corrected chi connectivity index (χ4v) is 6.05. The largest absolute Gasteiger partial charge is 0.430 e. The smallest absolute Gasteiger partial charge is 0.365 e. The van der Waals surface area contributed by atoms with Gasteiger partial charge in [0.2, 0.25) is 5.95 Å². The minimum absolute atomic E-state index is 0.148. The molecule has 1 saturated heterocycles. The number of aromatic nitrogens is 4. The number of rotatable bonds is 7. The number of carbonyl (C=O) groups is 1. The molecule has 12 heteroatoms. The van der Waals surface area contributed by atoms with Gasteiger partial charge in [0.15, 0.2) is 17.0 Å². The fraction of sp³-hybridized carbons (Fsp3) is 0.571. The van der Waals surface area contributed by atoms with Crippen molar-refractivity contribution in [2.45, 2.75) is 88.4 Å². The lowest BCUT2D eigenvalue weighted by atomic mass is 9.92. The maximum atomic E-state index is 13.1. The van der Waals surface area contributed by atoms with Crippen LogP contribution in [0.1, 0.15) is 70.3 Å². The number of imidazole rings is 1. The van der Waals surface area contributed by atoms with E-state index in [0.717, 1.165) is 68.3 Å². The molecule has 3 heterocycles. The standard InChI is InChI=1S/C28H38FN9O2/c29-18-5-9-21(10-6-18)34-28(39)40-37-15-13-22(14-16-37)32-25-24-26(38(17-31-24)23-3-1-2-4-23)36-27(35-25)33-20-11-7-19(30)8-12-20/h5-6,9-10,17,19-20,22-23H,1-4,7-8,11-16,30H2,(H,34,39)(H2,32,33,35,36)/t19-,20-. The molecule has 1 amide bonds. The van der Waals surface area contributed by atoms with Gasteiger partial charge in [-0.25, -0.2) is 14.2 Å². The summed E-state index contributed by atoms with van der Waals surface area (Å²) in [4.78, 5) is 32.3. The lowest BCUT2D eigenvalue weighted by Crippen LogP contribution is -2.41. The predicted octanol–water partition coefficient (Wildman–Crippen LogP) is 4.80. The lowest BCUT2D eigenvalue weighted by molar-refractivity contribution is -0.106. The Morgan fingerprint density at radius 1 is 0.925 bits per heavy atom. The summed E-state index contributed by atoms with van der Waals surface area (Å²) < 4.78 is 15.3. The fourth-order valence-electron chi connectivity index (χ4n) is 6.05. The van der Waals surface area contributed by atoms with Crippen LogP contribution >= 0.6 is 0 Å². The molecule has 5 N–H and O–H groups in total. The summed E-state index contributed by atoms with van der Waals surface area (Å²) in [5, 5.41) is 11.5. The van der Waals surface area contributed by atoms with E-state index in [1.165, 1.54) is 37.1 Å². The Kier molecular flexibility index (Phi) is 7.96. The second-order valence-electron chi connectivity index (χ2n) is 11.3. The average Bonchev–Trinajstić information content (AvgIpc) is 3.63. The molecule has 3 fully saturated rings. The predicted molar refractivity (Wildman–Crippen MR) is 151 cm³/mol. The van der Waals surface area contributed by atoms with E-state index in [1.807, 2.05) is 6.33 Å². The first-order valence-electron chi connectivity index (χ1n) is 14.5. The lowest BCUT2D eigenvalue weighted by Gasteiger charge is -2.31. The number of carbonyl (C=O) groups excluding carboxylic acids is 1. The van der Waals surface area contributed by atoms with Crippen molar-refractivity contribution < 1.29 is 14.0 Å². The van der Waals surface area contributed by atoms with Crippen molar-refractivity contribution in [2.24, 2.45) is 5.73 Å². The summed E-state index contributed by atoms with van der Waals surface area (Å²) in [6, 6.07) is 6.74. The van der Waals surface area contributed by atoms with E-state index < -0.39 is 6.09 Å². The summed E-state index contributed by atoms with van der Waals surface area (Å²) >= 11 is 0. The highest BCUT2D eigenvalue weighted by atomic mass is 19.1. The van der Waals surface area contributed by atoms with Gasteiger partial charge in [-0.2, -0.15) is 9.97 Å². The third-order valence-corrected chi connectivity index (χ3v) is 8.34. The molecule has 0 bridgehead atoms. The molecule has 1 aromatic carbocycles. The molecule has 3 aromatic rings. The second-order valence-corrected chi connectivity index (χ2v) is 11.3. The monoisotopic (exact) mass is 551 g/mol. The number of nitrogens with one attached hydrogen (secondary N) is 3. The average molecular weight is 552 g/mol. The highest BCUT2D eigenvalue weighted by Gasteiger charge is 2.27. The summed E-state index contributed by atoms with van der Waals surface area (Å²) in [6.45, 7) is 1.15. The number of amides is 1. The molecule has 6 rings (SSSR count). The van der Waals surface area contributed by atoms with Crippen LogP contribution in [0.3, 0.4) is 0 Å². The minimum Gasteiger partial charge on any atom is -0.365 e. The van der Waals surface area contributed by atoms with Crippen molar-refractivity contribution in [1.29, 1.82) is 0 Å². The van der Waals surface area contributed by atoms with Crippen LogP contribution in [0.2, 0.25) is 0 Å². The normalized spacial score (nSPS) is 22.9. The van der Waals surface area contributed by atoms with Crippen LogP contribution in [0.4, 0.5) is 26.6 Å². The molecule has 3 aliphatic rings. The van der Waals surface area contributed by atoms with Gasteiger partial charge in [0.05, 0.1) is 6.33 Å². The molecule has 11 nitrogen and oxygen atoms in total. The summed E-state index contributed by atoms with van der Waals surface area (Å²) in [7, 11) is 0. The van der Waals surface area contributed by atoms with Crippen LogP contribution in [0, 0.1) is 5.82 Å². The molecule has 2 aromatic heterocycles. The zero-order valence-electron chi connectivity index (χ0n) is 22.7. The Hall–Kier alpha value is -3.51. The maximum absolute atomic E-state index is 13.1. The molecule has 40 heavy (non-hydrogen) atoms. The van der Waals surface area contributed by atoms with Crippen LogP contribution in [-0.4, -0.2) is 61.9 Å². The Morgan fingerprint density at radius 2 is 1.62 bits per heavy atom. The van der Waals surface area contributed by atoms with Gasteiger partial charge in [0.1, 0.15) is 5.82 Å². The molecule has 0 radical (unpaired) electrons. The topological polar surface area (TPSA) is 135 Å². The van der Waals surface area contributed by atoms with Gasteiger partial charge in [-0.05, 0) is 75.6 Å². The molecule has 0 spiro atoms. The zero-order valence-corrected chi connectivity index (χ0v) is 22.7. The Morgan fingerprint density at radius 3 is 2.35 bits per heavy atom. The van der Waals surface area contributed by atoms with Crippen molar-refractivity contribution in [3.8, 4) is 0 Å². The number of hydrogen-bond donors (Lipinski definition) is 4. The van der Waals surface area contributed by atoms with Gasteiger partial charge < -0.3 is 25.8 Å². The van der Waals surface area contributed by atoms with E-state index >= 15 is 0 Å². The Balaban J connectivity index is 1.11. The first-order chi connectivity index (χ1) is 19.5. The molecule has 2 saturated carbocycles. The number of nitrogens with zero attached hydrogens (tertiary/aromatic N) is 5. The van der Waals surface area contributed by atoms with Crippen molar-refractivity contribution in [2.75, 3.05) is 29.0 Å². The van der Waals surface area contributed by atoms with Gasteiger partial charge in [0, 0.05) is 42.9 Å².